The first-order valence-electron chi connectivity index (χ1n) is 4.85. The molecule has 2 aromatic rings. The number of pyridine rings is 1. The fourth-order valence-corrected chi connectivity index (χ4v) is 1.64. The van der Waals surface area contributed by atoms with Crippen LogP contribution in [0.4, 0.5) is 5.82 Å². The average Bonchev–Trinajstić information content (AvgIpc) is 2.77. The van der Waals surface area contributed by atoms with Crippen molar-refractivity contribution in [3.05, 3.63) is 12.1 Å². The third-order valence-electron chi connectivity index (χ3n) is 2.44. The number of rotatable bonds is 1. The van der Waals surface area contributed by atoms with Crippen molar-refractivity contribution in [3.63, 3.8) is 0 Å². The Morgan fingerprint density at radius 3 is 2.87 bits per heavy atom. The van der Waals surface area contributed by atoms with Crippen LogP contribution in [0.1, 0.15) is 0 Å². The molecule has 0 bridgehead atoms. The maximum atomic E-state index is 5.28. The Hall–Kier alpha value is -1.69. The first kappa shape index (κ1) is 8.60. The second-order valence-electron chi connectivity index (χ2n) is 3.38. The van der Waals surface area contributed by atoms with Crippen LogP contribution < -0.4 is 4.90 Å². The topological polar surface area (TPSA) is 64.3 Å². The number of anilines is 1. The van der Waals surface area contributed by atoms with Crippen LogP contribution in [0.15, 0.2) is 16.8 Å². The minimum absolute atomic E-state index is 0.555. The van der Waals surface area contributed by atoms with Gasteiger partial charge in [-0.3, -0.25) is 0 Å². The summed E-state index contributed by atoms with van der Waals surface area (Å²) in [6.45, 7) is 3.22. The predicted octanol–water partition coefficient (Wildman–Crippen LogP) is 0.454. The van der Waals surface area contributed by atoms with Crippen molar-refractivity contribution in [2.45, 2.75) is 0 Å². The third-order valence-corrected chi connectivity index (χ3v) is 2.44. The van der Waals surface area contributed by atoms with E-state index in [1.54, 1.807) is 0 Å². The summed E-state index contributed by atoms with van der Waals surface area (Å²) in [6, 6.07) is 3.79. The Balaban J connectivity index is 1.95. The van der Waals surface area contributed by atoms with Crippen LogP contribution in [0.25, 0.3) is 11.2 Å². The Labute approximate surface area is 85.8 Å². The number of morpholine rings is 1. The molecule has 0 aliphatic carbocycles. The molecule has 1 aliphatic rings. The quantitative estimate of drug-likeness (QED) is 0.675. The van der Waals surface area contributed by atoms with Crippen LogP contribution in [0, 0.1) is 0 Å². The van der Waals surface area contributed by atoms with Crippen LogP contribution in [0.5, 0.6) is 0 Å². The van der Waals surface area contributed by atoms with E-state index in [4.69, 9.17) is 4.74 Å². The van der Waals surface area contributed by atoms with Crippen LogP contribution in [-0.4, -0.2) is 41.6 Å². The van der Waals surface area contributed by atoms with Crippen molar-refractivity contribution in [2.24, 2.45) is 0 Å². The molecule has 6 nitrogen and oxygen atoms in total. The molecule has 0 spiro atoms. The summed E-state index contributed by atoms with van der Waals surface area (Å²) in [5.41, 5.74) is 1.24. The molecule has 3 rings (SSSR count). The van der Waals surface area contributed by atoms with Gasteiger partial charge in [-0.1, -0.05) is 0 Å². The molecule has 6 heteroatoms. The van der Waals surface area contributed by atoms with Gasteiger partial charge in [0.05, 0.1) is 13.2 Å². The highest BCUT2D eigenvalue weighted by Gasteiger charge is 2.13. The Bertz CT molecular complexity index is 464. The lowest BCUT2D eigenvalue weighted by atomic mass is 10.3. The third kappa shape index (κ3) is 1.52. The maximum absolute atomic E-state index is 5.28. The summed E-state index contributed by atoms with van der Waals surface area (Å²) >= 11 is 0. The van der Waals surface area contributed by atoms with E-state index in [-0.39, 0.29) is 0 Å². The summed E-state index contributed by atoms with van der Waals surface area (Å²) in [6.07, 6.45) is 0. The van der Waals surface area contributed by atoms with Crippen LogP contribution in [-0.2, 0) is 4.74 Å². The highest BCUT2D eigenvalue weighted by atomic mass is 16.6. The number of nitrogens with zero attached hydrogens (tertiary/aromatic N) is 4. The molecule has 1 fully saturated rings. The molecule has 15 heavy (non-hydrogen) atoms. The van der Waals surface area contributed by atoms with Gasteiger partial charge in [0.15, 0.2) is 5.52 Å². The Morgan fingerprint density at radius 1 is 1.13 bits per heavy atom. The van der Waals surface area contributed by atoms with Gasteiger partial charge in [-0.15, -0.1) is 0 Å². The van der Waals surface area contributed by atoms with Gasteiger partial charge in [-0.25, -0.2) is 9.61 Å². The summed E-state index contributed by atoms with van der Waals surface area (Å²) in [4.78, 5) is 6.53. The Kier molecular flexibility index (Phi) is 1.99. The van der Waals surface area contributed by atoms with Gasteiger partial charge in [0.1, 0.15) is 5.82 Å². The molecule has 78 valence electrons. The van der Waals surface area contributed by atoms with Gasteiger partial charge in [-0.05, 0) is 22.4 Å². The molecule has 0 N–H and O–H groups in total. The molecule has 0 unspecified atom stereocenters. The van der Waals surface area contributed by atoms with Crippen molar-refractivity contribution in [1.82, 2.24) is 15.3 Å². The predicted molar refractivity (Wildman–Crippen MR) is 52.6 cm³/mol. The molecule has 0 radical (unpaired) electrons. The first-order chi connectivity index (χ1) is 7.43. The van der Waals surface area contributed by atoms with Gasteiger partial charge in [0, 0.05) is 13.1 Å². The van der Waals surface area contributed by atoms with Crippen LogP contribution in [0.2, 0.25) is 0 Å². The summed E-state index contributed by atoms with van der Waals surface area (Å²) in [5, 5.41) is 7.43. The molecule has 0 amide bonds. The van der Waals surface area contributed by atoms with Crippen LogP contribution >= 0.6 is 0 Å². The SMILES string of the molecule is c1cc2nonc2nc1N1CCOCC1. The normalized spacial score (nSPS) is 17.2. The molecule has 2 aromatic heterocycles. The largest absolute Gasteiger partial charge is 0.378 e. The molecular weight excluding hydrogens is 196 g/mol. The van der Waals surface area contributed by atoms with Gasteiger partial charge in [0.2, 0.25) is 5.65 Å². The number of aromatic nitrogens is 3. The highest BCUT2D eigenvalue weighted by molar-refractivity contribution is 5.70. The fraction of sp³-hybridized carbons (Fsp3) is 0.444. The molecule has 0 aromatic carbocycles. The average molecular weight is 206 g/mol. The minimum atomic E-state index is 0.555. The summed E-state index contributed by atoms with van der Waals surface area (Å²) < 4.78 is 9.88. The van der Waals surface area contributed by atoms with Crippen molar-refractivity contribution < 1.29 is 9.37 Å². The van der Waals surface area contributed by atoms with Gasteiger partial charge < -0.3 is 9.64 Å². The van der Waals surface area contributed by atoms with Gasteiger partial charge >= 0.3 is 0 Å². The zero-order valence-corrected chi connectivity index (χ0v) is 8.09. The van der Waals surface area contributed by atoms with E-state index in [1.165, 1.54) is 0 Å². The lowest BCUT2D eigenvalue weighted by Crippen LogP contribution is -2.36. The summed E-state index contributed by atoms with van der Waals surface area (Å²) in [7, 11) is 0. The van der Waals surface area contributed by atoms with E-state index in [2.05, 4.69) is 24.8 Å². The molecule has 1 aliphatic heterocycles. The van der Waals surface area contributed by atoms with Crippen molar-refractivity contribution in [2.75, 3.05) is 31.2 Å². The lowest BCUT2D eigenvalue weighted by molar-refractivity contribution is 0.122. The zero-order chi connectivity index (χ0) is 10.1. The fourth-order valence-electron chi connectivity index (χ4n) is 1.64. The van der Waals surface area contributed by atoms with Gasteiger partial charge in [0.25, 0.3) is 0 Å². The Morgan fingerprint density at radius 2 is 2.00 bits per heavy atom. The lowest BCUT2D eigenvalue weighted by Gasteiger charge is -2.27. The highest BCUT2D eigenvalue weighted by Crippen LogP contribution is 2.16. The molecule has 1 saturated heterocycles. The van der Waals surface area contributed by atoms with E-state index < -0.39 is 0 Å². The number of hydrogen-bond acceptors (Lipinski definition) is 6. The van der Waals surface area contributed by atoms with Crippen molar-refractivity contribution >= 4 is 17.0 Å². The molecular formula is C9H10N4O2. The van der Waals surface area contributed by atoms with Crippen molar-refractivity contribution in [3.8, 4) is 0 Å². The standard InChI is InChI=1S/C9H10N4O2/c1-2-8(13-3-5-14-6-4-13)10-9-7(1)11-15-12-9/h1-2H,3-6H2. The van der Waals surface area contributed by atoms with Crippen LogP contribution in [0.3, 0.4) is 0 Å². The molecule has 0 atom stereocenters. The van der Waals surface area contributed by atoms with E-state index in [0.29, 0.717) is 11.2 Å². The van der Waals surface area contributed by atoms with E-state index >= 15 is 0 Å². The van der Waals surface area contributed by atoms with Crippen molar-refractivity contribution in [1.29, 1.82) is 0 Å². The van der Waals surface area contributed by atoms with E-state index in [0.717, 1.165) is 32.1 Å². The minimum Gasteiger partial charge on any atom is -0.378 e. The maximum Gasteiger partial charge on any atom is 0.226 e. The number of hydrogen-bond donors (Lipinski definition) is 0. The number of fused-ring (bicyclic) bond motifs is 1. The molecule has 0 saturated carbocycles. The molecule has 3 heterocycles. The van der Waals surface area contributed by atoms with E-state index in [1.807, 2.05) is 12.1 Å². The smallest absolute Gasteiger partial charge is 0.226 e. The second-order valence-corrected chi connectivity index (χ2v) is 3.38. The first-order valence-corrected chi connectivity index (χ1v) is 4.85. The monoisotopic (exact) mass is 206 g/mol. The van der Waals surface area contributed by atoms with E-state index in [9.17, 15) is 0 Å². The summed E-state index contributed by atoms with van der Waals surface area (Å²) in [5.74, 6) is 0.904. The van der Waals surface area contributed by atoms with Gasteiger partial charge in [-0.2, -0.15) is 0 Å². The number of ether oxygens (including phenoxy) is 1. The second kappa shape index (κ2) is 3.47. The zero-order valence-electron chi connectivity index (χ0n) is 8.09.